The summed E-state index contributed by atoms with van der Waals surface area (Å²) in [4.78, 5) is 0. The molecule has 1 nitrogen and oxygen atoms in total. The van der Waals surface area contributed by atoms with E-state index in [9.17, 15) is 0 Å². The fourth-order valence-electron chi connectivity index (χ4n) is 1.19. The highest BCUT2D eigenvalue weighted by Crippen LogP contribution is 2.19. The molecule has 0 saturated heterocycles. The monoisotopic (exact) mass is 212 g/mol. The predicted molar refractivity (Wildman–Crippen MR) is 60.8 cm³/mol. The highest BCUT2D eigenvalue weighted by atomic mass is 35.5. The van der Waals surface area contributed by atoms with Crippen LogP contribution in [0.1, 0.15) is 30.7 Å². The Bertz CT molecular complexity index is 235. The van der Waals surface area contributed by atoms with Gasteiger partial charge in [-0.3, -0.25) is 0 Å². The zero-order valence-electron chi connectivity index (χ0n) is 8.58. The maximum Gasteiger partial charge on any atom is 0.0819 e. The minimum absolute atomic E-state index is 0.0203. The van der Waals surface area contributed by atoms with E-state index in [4.69, 9.17) is 16.3 Å². The molecule has 1 rings (SSSR count). The van der Waals surface area contributed by atoms with Crippen LogP contribution in [0.5, 0.6) is 0 Å². The molecule has 1 aromatic carbocycles. The standard InChI is InChI=1S/C12H17ClO/c1-2-3-9-14-10-12(13)11-7-5-4-6-8-11/h4-8,12H,2-3,9-10H2,1H3. The van der Waals surface area contributed by atoms with Crippen LogP contribution in [0.15, 0.2) is 30.3 Å². The summed E-state index contributed by atoms with van der Waals surface area (Å²) in [7, 11) is 0. The van der Waals surface area contributed by atoms with Crippen LogP contribution >= 0.6 is 11.6 Å². The molecule has 0 aliphatic rings. The molecule has 0 heterocycles. The van der Waals surface area contributed by atoms with Crippen molar-refractivity contribution in [1.82, 2.24) is 0 Å². The first-order valence-electron chi connectivity index (χ1n) is 5.11. The lowest BCUT2D eigenvalue weighted by atomic mass is 10.1. The number of unbranched alkanes of at least 4 members (excludes halogenated alkanes) is 1. The molecule has 0 aromatic heterocycles. The molecule has 0 saturated carbocycles. The number of alkyl halides is 1. The number of ether oxygens (including phenoxy) is 1. The summed E-state index contributed by atoms with van der Waals surface area (Å²) in [5.74, 6) is 0. The molecule has 14 heavy (non-hydrogen) atoms. The summed E-state index contributed by atoms with van der Waals surface area (Å²) in [5, 5.41) is -0.0203. The first kappa shape index (κ1) is 11.5. The number of rotatable bonds is 6. The van der Waals surface area contributed by atoms with Crippen molar-refractivity contribution in [3.63, 3.8) is 0 Å². The minimum atomic E-state index is -0.0203. The number of hydrogen-bond donors (Lipinski definition) is 0. The Kier molecular flexibility index (Phi) is 5.65. The number of halogens is 1. The lowest BCUT2D eigenvalue weighted by Crippen LogP contribution is -2.03. The van der Waals surface area contributed by atoms with Gasteiger partial charge in [-0.25, -0.2) is 0 Å². The summed E-state index contributed by atoms with van der Waals surface area (Å²) < 4.78 is 5.46. The molecule has 0 spiro atoms. The van der Waals surface area contributed by atoms with Gasteiger partial charge in [0.25, 0.3) is 0 Å². The Labute approximate surface area is 91.0 Å². The van der Waals surface area contributed by atoms with Crippen LogP contribution in [0.2, 0.25) is 0 Å². The van der Waals surface area contributed by atoms with E-state index in [1.54, 1.807) is 0 Å². The Balaban J connectivity index is 2.25. The first-order chi connectivity index (χ1) is 6.84. The van der Waals surface area contributed by atoms with Crippen LogP contribution in [0.3, 0.4) is 0 Å². The van der Waals surface area contributed by atoms with Crippen molar-refractivity contribution in [1.29, 1.82) is 0 Å². The summed E-state index contributed by atoms with van der Waals surface area (Å²) >= 11 is 6.16. The molecule has 0 aliphatic heterocycles. The second kappa shape index (κ2) is 6.86. The summed E-state index contributed by atoms with van der Waals surface area (Å²) in [6.45, 7) is 3.57. The summed E-state index contributed by atoms with van der Waals surface area (Å²) in [5.41, 5.74) is 1.13. The van der Waals surface area contributed by atoms with Gasteiger partial charge in [-0.15, -0.1) is 11.6 Å². The second-order valence-corrected chi connectivity index (χ2v) is 3.83. The topological polar surface area (TPSA) is 9.23 Å². The van der Waals surface area contributed by atoms with Gasteiger partial charge in [0, 0.05) is 6.61 Å². The van der Waals surface area contributed by atoms with Gasteiger partial charge < -0.3 is 4.74 Å². The molecule has 0 aliphatic carbocycles. The summed E-state index contributed by atoms with van der Waals surface area (Å²) in [6.07, 6.45) is 2.27. The molecule has 78 valence electrons. The second-order valence-electron chi connectivity index (χ2n) is 3.31. The van der Waals surface area contributed by atoms with E-state index in [1.807, 2.05) is 30.3 Å². The molecule has 0 bridgehead atoms. The van der Waals surface area contributed by atoms with Crippen LogP contribution < -0.4 is 0 Å². The van der Waals surface area contributed by atoms with E-state index in [0.29, 0.717) is 6.61 Å². The molecule has 2 heteroatoms. The lowest BCUT2D eigenvalue weighted by molar-refractivity contribution is 0.131. The SMILES string of the molecule is CCCCOCC(Cl)c1ccccc1. The molecule has 0 N–H and O–H groups in total. The van der Waals surface area contributed by atoms with E-state index < -0.39 is 0 Å². The quantitative estimate of drug-likeness (QED) is 0.515. The van der Waals surface area contributed by atoms with Gasteiger partial charge in [0.2, 0.25) is 0 Å². The smallest absolute Gasteiger partial charge is 0.0819 e. The highest BCUT2D eigenvalue weighted by Gasteiger charge is 2.06. The molecule has 1 atom stereocenters. The van der Waals surface area contributed by atoms with Gasteiger partial charge in [-0.2, -0.15) is 0 Å². The van der Waals surface area contributed by atoms with E-state index in [-0.39, 0.29) is 5.38 Å². The summed E-state index contributed by atoms with van der Waals surface area (Å²) in [6, 6.07) is 10.0. The van der Waals surface area contributed by atoms with E-state index in [2.05, 4.69) is 6.92 Å². The van der Waals surface area contributed by atoms with Gasteiger partial charge in [-0.05, 0) is 12.0 Å². The predicted octanol–water partition coefficient (Wildman–Crippen LogP) is 3.78. The van der Waals surface area contributed by atoms with Crippen LogP contribution in [0, 0.1) is 0 Å². The first-order valence-corrected chi connectivity index (χ1v) is 5.55. The van der Waals surface area contributed by atoms with Crippen LogP contribution in [0.4, 0.5) is 0 Å². The third-order valence-electron chi connectivity index (χ3n) is 2.07. The average Bonchev–Trinajstić information content (AvgIpc) is 2.25. The molecule has 0 amide bonds. The van der Waals surface area contributed by atoms with E-state index >= 15 is 0 Å². The lowest BCUT2D eigenvalue weighted by Gasteiger charge is -2.09. The van der Waals surface area contributed by atoms with Gasteiger partial charge in [0.15, 0.2) is 0 Å². The molecule has 1 unspecified atom stereocenters. The fraction of sp³-hybridized carbons (Fsp3) is 0.500. The molecule has 1 aromatic rings. The number of hydrogen-bond acceptors (Lipinski definition) is 1. The van der Waals surface area contributed by atoms with Crippen molar-refractivity contribution >= 4 is 11.6 Å². The Morgan fingerprint density at radius 3 is 2.64 bits per heavy atom. The zero-order chi connectivity index (χ0) is 10.2. The van der Waals surface area contributed by atoms with Crippen molar-refractivity contribution in [3.05, 3.63) is 35.9 Å². The molecular weight excluding hydrogens is 196 g/mol. The Morgan fingerprint density at radius 1 is 1.29 bits per heavy atom. The maximum absolute atomic E-state index is 6.16. The van der Waals surface area contributed by atoms with Crippen LogP contribution in [-0.4, -0.2) is 13.2 Å². The highest BCUT2D eigenvalue weighted by molar-refractivity contribution is 6.20. The van der Waals surface area contributed by atoms with Crippen molar-refractivity contribution in [2.24, 2.45) is 0 Å². The minimum Gasteiger partial charge on any atom is -0.380 e. The fourth-order valence-corrected chi connectivity index (χ4v) is 1.43. The van der Waals surface area contributed by atoms with Crippen LogP contribution in [-0.2, 0) is 4.74 Å². The largest absolute Gasteiger partial charge is 0.380 e. The Hall–Kier alpha value is -0.530. The van der Waals surface area contributed by atoms with Gasteiger partial charge >= 0.3 is 0 Å². The normalized spacial score (nSPS) is 12.7. The molecule has 0 fully saturated rings. The Morgan fingerprint density at radius 2 is 2.00 bits per heavy atom. The third kappa shape index (κ3) is 4.12. The van der Waals surface area contributed by atoms with E-state index in [1.165, 1.54) is 0 Å². The average molecular weight is 213 g/mol. The molecular formula is C12H17ClO. The van der Waals surface area contributed by atoms with Gasteiger partial charge in [-0.1, -0.05) is 43.7 Å². The van der Waals surface area contributed by atoms with Crippen molar-refractivity contribution in [2.75, 3.05) is 13.2 Å². The zero-order valence-corrected chi connectivity index (χ0v) is 9.33. The van der Waals surface area contributed by atoms with Crippen molar-refractivity contribution in [2.45, 2.75) is 25.1 Å². The van der Waals surface area contributed by atoms with Crippen molar-refractivity contribution in [3.8, 4) is 0 Å². The van der Waals surface area contributed by atoms with E-state index in [0.717, 1.165) is 25.0 Å². The van der Waals surface area contributed by atoms with Crippen molar-refractivity contribution < 1.29 is 4.74 Å². The maximum atomic E-state index is 6.16. The third-order valence-corrected chi connectivity index (χ3v) is 2.45. The number of benzene rings is 1. The van der Waals surface area contributed by atoms with Gasteiger partial charge in [0.05, 0.1) is 12.0 Å². The van der Waals surface area contributed by atoms with Crippen LogP contribution in [0.25, 0.3) is 0 Å². The molecule has 0 radical (unpaired) electrons. The van der Waals surface area contributed by atoms with Gasteiger partial charge in [0.1, 0.15) is 0 Å².